The van der Waals surface area contributed by atoms with Crippen LogP contribution in [0.2, 0.25) is 0 Å². The summed E-state index contributed by atoms with van der Waals surface area (Å²) in [5.74, 6) is 0.911. The van der Waals surface area contributed by atoms with Crippen LogP contribution in [0.3, 0.4) is 0 Å². The van der Waals surface area contributed by atoms with E-state index in [2.05, 4.69) is 19.2 Å². The minimum Gasteiger partial charge on any atom is -0.484 e. The first-order valence-electron chi connectivity index (χ1n) is 7.19. The predicted molar refractivity (Wildman–Crippen MR) is 82.0 cm³/mol. The van der Waals surface area contributed by atoms with Crippen molar-refractivity contribution in [1.82, 2.24) is 10.2 Å². The van der Waals surface area contributed by atoms with Gasteiger partial charge in [0, 0.05) is 26.6 Å². The van der Waals surface area contributed by atoms with E-state index < -0.39 is 0 Å². The van der Waals surface area contributed by atoms with Gasteiger partial charge in [-0.2, -0.15) is 0 Å². The zero-order chi connectivity index (χ0) is 15.7. The van der Waals surface area contributed by atoms with Crippen molar-refractivity contribution in [3.63, 3.8) is 0 Å². The maximum Gasteiger partial charge on any atom is 0.258 e. The van der Waals surface area contributed by atoms with E-state index in [0.717, 1.165) is 0 Å². The molecule has 21 heavy (non-hydrogen) atoms. The third-order valence-corrected chi connectivity index (χ3v) is 2.85. The fraction of sp³-hybridized carbons (Fsp3) is 0.500. The second-order valence-corrected chi connectivity index (χ2v) is 5.31. The van der Waals surface area contributed by atoms with Gasteiger partial charge in [-0.3, -0.25) is 9.59 Å². The van der Waals surface area contributed by atoms with Crippen LogP contribution in [0.15, 0.2) is 30.3 Å². The Balaban J connectivity index is 2.24. The van der Waals surface area contributed by atoms with Crippen LogP contribution in [-0.4, -0.2) is 43.0 Å². The molecule has 116 valence electrons. The molecule has 1 aromatic rings. The quantitative estimate of drug-likeness (QED) is 0.793. The summed E-state index contributed by atoms with van der Waals surface area (Å²) in [5.41, 5.74) is 0. The maximum absolute atomic E-state index is 11.7. The minimum atomic E-state index is -0.188. The van der Waals surface area contributed by atoms with Crippen molar-refractivity contribution in [3.8, 4) is 5.75 Å². The third-order valence-electron chi connectivity index (χ3n) is 2.85. The number of amides is 2. The van der Waals surface area contributed by atoms with E-state index >= 15 is 0 Å². The van der Waals surface area contributed by atoms with Crippen molar-refractivity contribution in [2.24, 2.45) is 5.92 Å². The van der Waals surface area contributed by atoms with E-state index in [1.165, 1.54) is 0 Å². The van der Waals surface area contributed by atoms with E-state index in [1.54, 1.807) is 24.0 Å². The normalized spacial score (nSPS) is 10.3. The molecule has 0 atom stereocenters. The lowest BCUT2D eigenvalue weighted by molar-refractivity contribution is -0.130. The third kappa shape index (κ3) is 7.34. The smallest absolute Gasteiger partial charge is 0.258 e. The van der Waals surface area contributed by atoms with Crippen LogP contribution in [-0.2, 0) is 9.59 Å². The van der Waals surface area contributed by atoms with Crippen LogP contribution < -0.4 is 10.1 Å². The molecule has 0 aliphatic heterocycles. The van der Waals surface area contributed by atoms with Gasteiger partial charge in [0.05, 0.1) is 0 Å². The molecular weight excluding hydrogens is 268 g/mol. The Morgan fingerprint density at radius 3 is 2.48 bits per heavy atom. The van der Waals surface area contributed by atoms with Crippen LogP contribution in [0.1, 0.15) is 20.8 Å². The number of hydrogen-bond acceptors (Lipinski definition) is 3. The maximum atomic E-state index is 11.7. The van der Waals surface area contributed by atoms with Crippen molar-refractivity contribution < 1.29 is 14.3 Å². The van der Waals surface area contributed by atoms with Gasteiger partial charge in [0.25, 0.3) is 5.91 Å². The number of para-hydroxylation sites is 1. The SMILES string of the molecule is CC(=O)N(CCNC(=O)COc1ccccc1)CC(C)C. The van der Waals surface area contributed by atoms with Crippen molar-refractivity contribution >= 4 is 11.8 Å². The number of ether oxygens (including phenoxy) is 1. The first-order chi connectivity index (χ1) is 9.99. The highest BCUT2D eigenvalue weighted by molar-refractivity contribution is 5.77. The van der Waals surface area contributed by atoms with Crippen LogP contribution in [0, 0.1) is 5.92 Å². The molecular formula is C16H24N2O3. The van der Waals surface area contributed by atoms with Gasteiger partial charge in [0.15, 0.2) is 6.61 Å². The average molecular weight is 292 g/mol. The lowest BCUT2D eigenvalue weighted by atomic mass is 10.2. The average Bonchev–Trinajstić information content (AvgIpc) is 2.44. The van der Waals surface area contributed by atoms with E-state index in [0.29, 0.717) is 31.3 Å². The van der Waals surface area contributed by atoms with Gasteiger partial charge >= 0.3 is 0 Å². The number of nitrogens with zero attached hydrogens (tertiary/aromatic N) is 1. The van der Waals surface area contributed by atoms with Crippen molar-refractivity contribution in [3.05, 3.63) is 30.3 Å². The Kier molecular flexibility index (Phi) is 7.29. The number of benzene rings is 1. The molecule has 5 heteroatoms. The Morgan fingerprint density at radius 1 is 1.24 bits per heavy atom. The summed E-state index contributed by atoms with van der Waals surface area (Å²) >= 11 is 0. The van der Waals surface area contributed by atoms with Crippen LogP contribution in [0.25, 0.3) is 0 Å². The molecule has 0 spiro atoms. The van der Waals surface area contributed by atoms with Crippen LogP contribution in [0.5, 0.6) is 5.75 Å². The molecule has 5 nitrogen and oxygen atoms in total. The molecule has 1 rings (SSSR count). The molecule has 0 radical (unpaired) electrons. The number of hydrogen-bond donors (Lipinski definition) is 1. The zero-order valence-electron chi connectivity index (χ0n) is 13.0. The molecule has 1 aromatic carbocycles. The highest BCUT2D eigenvalue weighted by Crippen LogP contribution is 2.07. The molecule has 0 fully saturated rings. The topological polar surface area (TPSA) is 58.6 Å². The first-order valence-corrected chi connectivity index (χ1v) is 7.19. The van der Waals surface area contributed by atoms with Crippen molar-refractivity contribution in [2.45, 2.75) is 20.8 Å². The predicted octanol–water partition coefficient (Wildman–Crippen LogP) is 1.69. The highest BCUT2D eigenvalue weighted by atomic mass is 16.5. The molecule has 0 aliphatic carbocycles. The molecule has 0 unspecified atom stereocenters. The lowest BCUT2D eigenvalue weighted by Gasteiger charge is -2.23. The Labute approximate surface area is 126 Å². The molecule has 0 aliphatic rings. The van der Waals surface area contributed by atoms with Gasteiger partial charge in [0.2, 0.25) is 5.91 Å². The van der Waals surface area contributed by atoms with E-state index in [9.17, 15) is 9.59 Å². The first kappa shape index (κ1) is 17.0. The fourth-order valence-electron chi connectivity index (χ4n) is 1.86. The molecule has 0 saturated heterocycles. The second-order valence-electron chi connectivity index (χ2n) is 5.31. The molecule has 1 N–H and O–H groups in total. The summed E-state index contributed by atoms with van der Waals surface area (Å²) in [6.45, 7) is 7.29. The van der Waals surface area contributed by atoms with Crippen LogP contribution in [0.4, 0.5) is 0 Å². The van der Waals surface area contributed by atoms with Gasteiger partial charge < -0.3 is 15.0 Å². The monoisotopic (exact) mass is 292 g/mol. The second kappa shape index (κ2) is 9.00. The zero-order valence-corrected chi connectivity index (χ0v) is 13.0. The number of carbonyl (C=O) groups excluding carboxylic acids is 2. The van der Waals surface area contributed by atoms with Gasteiger partial charge in [-0.25, -0.2) is 0 Å². The largest absolute Gasteiger partial charge is 0.484 e. The molecule has 2 amide bonds. The number of rotatable bonds is 8. The van der Waals surface area contributed by atoms with Gasteiger partial charge in [0.1, 0.15) is 5.75 Å². The van der Waals surface area contributed by atoms with Crippen molar-refractivity contribution in [2.75, 3.05) is 26.2 Å². The number of nitrogens with one attached hydrogen (secondary N) is 1. The summed E-state index contributed by atoms with van der Waals surface area (Å²) in [4.78, 5) is 24.8. The summed E-state index contributed by atoms with van der Waals surface area (Å²) in [5, 5.41) is 2.75. The summed E-state index contributed by atoms with van der Waals surface area (Å²) < 4.78 is 5.34. The van der Waals surface area contributed by atoms with E-state index in [4.69, 9.17) is 4.74 Å². The Morgan fingerprint density at radius 2 is 1.90 bits per heavy atom. The van der Waals surface area contributed by atoms with Crippen LogP contribution >= 0.6 is 0 Å². The standard InChI is InChI=1S/C16H24N2O3/c1-13(2)11-18(14(3)19)10-9-17-16(20)12-21-15-7-5-4-6-8-15/h4-8,13H,9-12H2,1-3H3,(H,17,20). The molecule has 0 bridgehead atoms. The fourth-order valence-corrected chi connectivity index (χ4v) is 1.86. The van der Waals surface area contributed by atoms with Gasteiger partial charge in [-0.05, 0) is 18.1 Å². The van der Waals surface area contributed by atoms with Gasteiger partial charge in [-0.1, -0.05) is 32.0 Å². The number of carbonyl (C=O) groups is 2. The molecule has 0 heterocycles. The summed E-state index contributed by atoms with van der Waals surface area (Å²) in [7, 11) is 0. The van der Waals surface area contributed by atoms with Crippen molar-refractivity contribution in [1.29, 1.82) is 0 Å². The van der Waals surface area contributed by atoms with E-state index in [-0.39, 0.29) is 18.4 Å². The summed E-state index contributed by atoms with van der Waals surface area (Å²) in [6, 6.07) is 9.19. The van der Waals surface area contributed by atoms with Gasteiger partial charge in [-0.15, -0.1) is 0 Å². The van der Waals surface area contributed by atoms with E-state index in [1.807, 2.05) is 18.2 Å². The summed E-state index contributed by atoms with van der Waals surface area (Å²) in [6.07, 6.45) is 0. The Bertz CT molecular complexity index is 446. The molecule has 0 aromatic heterocycles. The minimum absolute atomic E-state index is 0.0196. The lowest BCUT2D eigenvalue weighted by Crippen LogP contribution is -2.40. The molecule has 0 saturated carbocycles. The Hall–Kier alpha value is -2.04. The highest BCUT2D eigenvalue weighted by Gasteiger charge is 2.10.